The SMILES string of the molecule is CC(C1CCCO1)n1c(CCl)nc2cnccc21. The monoisotopic (exact) mass is 265 g/mol. The van der Waals surface area contributed by atoms with Gasteiger partial charge in [0.15, 0.2) is 0 Å². The molecular formula is C13H16ClN3O. The normalized spacial score (nSPS) is 21.6. The maximum atomic E-state index is 6.01. The van der Waals surface area contributed by atoms with Crippen molar-refractivity contribution in [2.45, 2.75) is 37.8 Å². The van der Waals surface area contributed by atoms with Crippen LogP contribution in [0.3, 0.4) is 0 Å². The van der Waals surface area contributed by atoms with Gasteiger partial charge in [0.05, 0.1) is 29.7 Å². The first-order valence-corrected chi connectivity index (χ1v) is 6.83. The van der Waals surface area contributed by atoms with E-state index in [1.54, 1.807) is 12.4 Å². The average molecular weight is 266 g/mol. The van der Waals surface area contributed by atoms with E-state index in [9.17, 15) is 0 Å². The predicted molar refractivity (Wildman–Crippen MR) is 70.8 cm³/mol. The van der Waals surface area contributed by atoms with Gasteiger partial charge in [0.2, 0.25) is 0 Å². The summed E-state index contributed by atoms with van der Waals surface area (Å²) in [5.74, 6) is 1.30. The molecule has 2 atom stereocenters. The molecule has 5 heteroatoms. The topological polar surface area (TPSA) is 39.9 Å². The Labute approximate surface area is 111 Å². The molecule has 2 unspecified atom stereocenters. The molecule has 0 spiro atoms. The number of rotatable bonds is 3. The number of halogens is 1. The van der Waals surface area contributed by atoms with Gasteiger partial charge in [-0.05, 0) is 25.8 Å². The Balaban J connectivity index is 2.08. The van der Waals surface area contributed by atoms with Crippen LogP contribution in [0.2, 0.25) is 0 Å². The van der Waals surface area contributed by atoms with Crippen molar-refractivity contribution in [3.8, 4) is 0 Å². The maximum Gasteiger partial charge on any atom is 0.125 e. The van der Waals surface area contributed by atoms with Crippen molar-refractivity contribution < 1.29 is 4.74 Å². The number of imidazole rings is 1. The van der Waals surface area contributed by atoms with Gasteiger partial charge in [0.25, 0.3) is 0 Å². The molecular weight excluding hydrogens is 250 g/mol. The number of ether oxygens (including phenoxy) is 1. The van der Waals surface area contributed by atoms with Crippen molar-refractivity contribution >= 4 is 22.6 Å². The van der Waals surface area contributed by atoms with Crippen LogP contribution in [0.15, 0.2) is 18.5 Å². The lowest BCUT2D eigenvalue weighted by Crippen LogP contribution is -2.22. The molecule has 96 valence electrons. The quantitative estimate of drug-likeness (QED) is 0.801. The predicted octanol–water partition coefficient (Wildman–Crippen LogP) is 2.91. The van der Waals surface area contributed by atoms with Crippen LogP contribution in [0.4, 0.5) is 0 Å². The van der Waals surface area contributed by atoms with E-state index >= 15 is 0 Å². The summed E-state index contributed by atoms with van der Waals surface area (Å²) in [6, 6.07) is 2.25. The van der Waals surface area contributed by atoms with E-state index in [2.05, 4.69) is 21.5 Å². The first-order chi connectivity index (χ1) is 8.81. The summed E-state index contributed by atoms with van der Waals surface area (Å²) >= 11 is 6.01. The van der Waals surface area contributed by atoms with E-state index in [1.807, 2.05) is 6.07 Å². The third kappa shape index (κ3) is 1.89. The standard InChI is InChI=1S/C13H16ClN3O/c1-9(12-3-2-6-18-12)17-11-4-5-15-8-10(11)16-13(17)7-14/h4-5,8-9,12H,2-3,6-7H2,1H3. The van der Waals surface area contributed by atoms with Gasteiger partial charge in [-0.2, -0.15) is 0 Å². The molecule has 1 aliphatic heterocycles. The van der Waals surface area contributed by atoms with Crippen LogP contribution in [-0.4, -0.2) is 27.2 Å². The van der Waals surface area contributed by atoms with Crippen LogP contribution in [0.25, 0.3) is 11.0 Å². The van der Waals surface area contributed by atoms with E-state index < -0.39 is 0 Å². The van der Waals surface area contributed by atoms with E-state index in [-0.39, 0.29) is 12.1 Å². The molecule has 0 N–H and O–H groups in total. The van der Waals surface area contributed by atoms with E-state index in [4.69, 9.17) is 16.3 Å². The molecule has 1 fully saturated rings. The zero-order chi connectivity index (χ0) is 12.5. The molecule has 0 amide bonds. The van der Waals surface area contributed by atoms with Gasteiger partial charge in [-0.1, -0.05) is 0 Å². The molecule has 1 aliphatic rings. The summed E-state index contributed by atoms with van der Waals surface area (Å²) in [5.41, 5.74) is 1.99. The highest BCUT2D eigenvalue weighted by atomic mass is 35.5. The average Bonchev–Trinajstić information content (AvgIpc) is 3.04. The van der Waals surface area contributed by atoms with Crippen LogP contribution >= 0.6 is 11.6 Å². The Morgan fingerprint density at radius 1 is 1.61 bits per heavy atom. The molecule has 0 bridgehead atoms. The number of fused-ring (bicyclic) bond motifs is 1. The summed E-state index contributed by atoms with van der Waals surface area (Å²) in [5, 5.41) is 0. The van der Waals surface area contributed by atoms with Crippen LogP contribution in [-0.2, 0) is 10.6 Å². The van der Waals surface area contributed by atoms with E-state index in [0.29, 0.717) is 5.88 Å². The van der Waals surface area contributed by atoms with Crippen molar-refractivity contribution in [3.63, 3.8) is 0 Å². The Morgan fingerprint density at radius 2 is 2.50 bits per heavy atom. The molecule has 2 aromatic heterocycles. The first kappa shape index (κ1) is 11.9. The van der Waals surface area contributed by atoms with Gasteiger partial charge in [-0.15, -0.1) is 11.6 Å². The second-order valence-corrected chi connectivity index (χ2v) is 4.96. The minimum atomic E-state index is 0.258. The van der Waals surface area contributed by atoms with E-state index in [1.165, 1.54) is 0 Å². The van der Waals surface area contributed by atoms with Gasteiger partial charge in [-0.25, -0.2) is 4.98 Å². The number of pyridine rings is 1. The summed E-state index contributed by atoms with van der Waals surface area (Å²) in [6.07, 6.45) is 6.08. The van der Waals surface area contributed by atoms with Gasteiger partial charge in [0.1, 0.15) is 11.3 Å². The molecule has 4 nitrogen and oxygen atoms in total. The highest BCUT2D eigenvalue weighted by Crippen LogP contribution is 2.29. The third-order valence-electron chi connectivity index (χ3n) is 3.59. The second-order valence-electron chi connectivity index (χ2n) is 4.69. The van der Waals surface area contributed by atoms with Crippen LogP contribution in [0.1, 0.15) is 31.6 Å². The molecule has 0 saturated carbocycles. The molecule has 2 aromatic rings. The van der Waals surface area contributed by atoms with Crippen LogP contribution < -0.4 is 0 Å². The molecule has 0 aromatic carbocycles. The third-order valence-corrected chi connectivity index (χ3v) is 3.83. The lowest BCUT2D eigenvalue weighted by Gasteiger charge is -2.22. The first-order valence-electron chi connectivity index (χ1n) is 6.29. The minimum absolute atomic E-state index is 0.258. The minimum Gasteiger partial charge on any atom is -0.376 e. The van der Waals surface area contributed by atoms with Crippen molar-refractivity contribution in [3.05, 3.63) is 24.3 Å². The van der Waals surface area contributed by atoms with Gasteiger partial charge >= 0.3 is 0 Å². The summed E-state index contributed by atoms with van der Waals surface area (Å²) in [4.78, 5) is 8.64. The zero-order valence-corrected chi connectivity index (χ0v) is 11.1. The Kier molecular flexibility index (Phi) is 3.22. The zero-order valence-electron chi connectivity index (χ0n) is 10.3. The lowest BCUT2D eigenvalue weighted by molar-refractivity contribution is 0.0738. The van der Waals surface area contributed by atoms with Gasteiger partial charge in [0, 0.05) is 12.8 Å². The number of hydrogen-bond acceptors (Lipinski definition) is 3. The Hall–Kier alpha value is -1.13. The van der Waals surface area contributed by atoms with Gasteiger partial charge in [-0.3, -0.25) is 4.98 Å². The molecule has 18 heavy (non-hydrogen) atoms. The number of aromatic nitrogens is 3. The molecule has 0 radical (unpaired) electrons. The summed E-state index contributed by atoms with van der Waals surface area (Å²) < 4.78 is 7.97. The second kappa shape index (κ2) is 4.86. The largest absolute Gasteiger partial charge is 0.376 e. The maximum absolute atomic E-state index is 6.01. The fraction of sp³-hybridized carbons (Fsp3) is 0.538. The number of hydrogen-bond donors (Lipinski definition) is 0. The highest BCUT2D eigenvalue weighted by molar-refractivity contribution is 6.16. The van der Waals surface area contributed by atoms with Crippen molar-refractivity contribution in [2.75, 3.05) is 6.61 Å². The van der Waals surface area contributed by atoms with E-state index in [0.717, 1.165) is 36.3 Å². The number of nitrogens with zero attached hydrogens (tertiary/aromatic N) is 3. The lowest BCUT2D eigenvalue weighted by atomic mass is 10.1. The fourth-order valence-electron chi connectivity index (χ4n) is 2.70. The number of alkyl halides is 1. The molecule has 3 rings (SSSR count). The van der Waals surface area contributed by atoms with Crippen LogP contribution in [0, 0.1) is 0 Å². The fourth-order valence-corrected chi connectivity index (χ4v) is 2.89. The van der Waals surface area contributed by atoms with Crippen molar-refractivity contribution in [1.82, 2.24) is 14.5 Å². The van der Waals surface area contributed by atoms with Gasteiger partial charge < -0.3 is 9.30 Å². The highest BCUT2D eigenvalue weighted by Gasteiger charge is 2.26. The summed E-state index contributed by atoms with van der Waals surface area (Å²) in [7, 11) is 0. The summed E-state index contributed by atoms with van der Waals surface area (Å²) in [6.45, 7) is 3.03. The molecule has 0 aliphatic carbocycles. The smallest absolute Gasteiger partial charge is 0.125 e. The Morgan fingerprint density at radius 3 is 3.22 bits per heavy atom. The van der Waals surface area contributed by atoms with Crippen molar-refractivity contribution in [1.29, 1.82) is 0 Å². The molecule has 3 heterocycles. The van der Waals surface area contributed by atoms with Crippen molar-refractivity contribution in [2.24, 2.45) is 0 Å². The molecule has 1 saturated heterocycles. The Bertz CT molecular complexity index is 548. The van der Waals surface area contributed by atoms with Crippen LogP contribution in [0.5, 0.6) is 0 Å².